The number of thiocarbonyl (C=S) groups is 1. The fraction of sp³-hybridized carbons (Fsp3) is 0.389. The van der Waals surface area contributed by atoms with E-state index in [2.05, 4.69) is 0 Å². The molecule has 1 aromatic carbocycles. The van der Waals surface area contributed by atoms with E-state index in [1.807, 2.05) is 44.2 Å². The molecule has 1 aliphatic heterocycles. The third-order valence-corrected chi connectivity index (χ3v) is 4.86. The third-order valence-electron chi connectivity index (χ3n) is 3.48. The van der Waals surface area contributed by atoms with E-state index in [9.17, 15) is 9.59 Å². The molecule has 0 saturated carbocycles. The number of benzene rings is 1. The number of carbonyl (C=O) groups is 2. The molecule has 0 aromatic heterocycles. The lowest BCUT2D eigenvalue weighted by molar-refractivity contribution is -0.144. The molecule has 0 spiro atoms. The molecule has 0 bridgehead atoms. The second-order valence-electron chi connectivity index (χ2n) is 5.57. The summed E-state index contributed by atoms with van der Waals surface area (Å²) in [7, 11) is 0. The van der Waals surface area contributed by atoms with Gasteiger partial charge in [0.1, 0.15) is 4.32 Å². The molecule has 0 atom stereocenters. The molecule has 1 heterocycles. The van der Waals surface area contributed by atoms with Crippen molar-refractivity contribution in [1.29, 1.82) is 0 Å². The highest BCUT2D eigenvalue weighted by Gasteiger charge is 2.31. The van der Waals surface area contributed by atoms with Crippen LogP contribution in [0.3, 0.4) is 0 Å². The molecule has 0 N–H and O–H groups in total. The van der Waals surface area contributed by atoms with Crippen molar-refractivity contribution in [2.75, 3.05) is 13.2 Å². The lowest BCUT2D eigenvalue weighted by Gasteiger charge is -2.13. The van der Waals surface area contributed by atoms with Gasteiger partial charge in [-0.2, -0.15) is 0 Å². The lowest BCUT2D eigenvalue weighted by atomic mass is 10.1. The number of hydrogen-bond acceptors (Lipinski definition) is 5. The highest BCUT2D eigenvalue weighted by atomic mass is 32.2. The molecule has 2 rings (SSSR count). The number of esters is 1. The van der Waals surface area contributed by atoms with Gasteiger partial charge in [-0.05, 0) is 31.4 Å². The number of thioether (sulfide) groups is 1. The van der Waals surface area contributed by atoms with E-state index in [1.165, 1.54) is 17.3 Å². The number of carbonyl (C=O) groups excluding carboxylic acids is 2. The number of rotatable bonds is 7. The van der Waals surface area contributed by atoms with Crippen LogP contribution in [-0.2, 0) is 14.3 Å². The Kier molecular flexibility index (Phi) is 6.99. The van der Waals surface area contributed by atoms with Crippen LogP contribution in [0, 0.1) is 6.92 Å². The summed E-state index contributed by atoms with van der Waals surface area (Å²) in [5.41, 5.74) is 2.15. The minimum absolute atomic E-state index is 0.0903. The first-order valence-corrected chi connectivity index (χ1v) is 9.21. The standard InChI is InChI=1S/C18H21NO3S2/c1-3-11-22-16(20)5-4-10-19-17(21)15(24-18(19)23)12-14-8-6-13(2)7-9-14/h6-9,12H,3-5,10-11H2,1-2H3. The molecule has 6 heteroatoms. The Morgan fingerprint density at radius 3 is 2.71 bits per heavy atom. The minimum Gasteiger partial charge on any atom is -0.466 e. The average Bonchev–Trinajstić information content (AvgIpc) is 2.82. The van der Waals surface area contributed by atoms with Crippen molar-refractivity contribution in [2.45, 2.75) is 33.1 Å². The molecular formula is C18H21NO3S2. The van der Waals surface area contributed by atoms with E-state index in [1.54, 1.807) is 4.90 Å². The number of ether oxygens (including phenoxy) is 1. The van der Waals surface area contributed by atoms with Gasteiger partial charge >= 0.3 is 5.97 Å². The highest BCUT2D eigenvalue weighted by molar-refractivity contribution is 8.26. The van der Waals surface area contributed by atoms with Crippen LogP contribution in [0.25, 0.3) is 6.08 Å². The molecule has 0 radical (unpaired) electrons. The molecular weight excluding hydrogens is 342 g/mol. The first-order chi connectivity index (χ1) is 11.5. The van der Waals surface area contributed by atoms with Crippen molar-refractivity contribution in [3.8, 4) is 0 Å². The van der Waals surface area contributed by atoms with Crippen molar-refractivity contribution in [3.05, 3.63) is 40.3 Å². The van der Waals surface area contributed by atoms with Gasteiger partial charge in [0.05, 0.1) is 11.5 Å². The van der Waals surface area contributed by atoms with Gasteiger partial charge in [0.15, 0.2) is 0 Å². The maximum atomic E-state index is 12.5. The zero-order valence-electron chi connectivity index (χ0n) is 13.9. The molecule has 128 valence electrons. The summed E-state index contributed by atoms with van der Waals surface area (Å²) in [5, 5.41) is 0. The zero-order valence-corrected chi connectivity index (χ0v) is 15.5. The van der Waals surface area contributed by atoms with Gasteiger partial charge in [-0.25, -0.2) is 0 Å². The summed E-state index contributed by atoms with van der Waals surface area (Å²) in [6, 6.07) is 7.97. The summed E-state index contributed by atoms with van der Waals surface area (Å²) in [6.07, 6.45) is 3.51. The smallest absolute Gasteiger partial charge is 0.305 e. The van der Waals surface area contributed by atoms with Crippen molar-refractivity contribution in [3.63, 3.8) is 0 Å². The largest absolute Gasteiger partial charge is 0.466 e. The number of amides is 1. The van der Waals surface area contributed by atoms with Gasteiger partial charge in [0, 0.05) is 13.0 Å². The quantitative estimate of drug-likeness (QED) is 0.417. The van der Waals surface area contributed by atoms with Crippen LogP contribution in [0.2, 0.25) is 0 Å². The summed E-state index contributed by atoms with van der Waals surface area (Å²) in [4.78, 5) is 26.1. The predicted octanol–water partition coefficient (Wildman–Crippen LogP) is 3.93. The van der Waals surface area contributed by atoms with Gasteiger partial charge < -0.3 is 4.74 Å². The normalized spacial score (nSPS) is 16.1. The lowest BCUT2D eigenvalue weighted by Crippen LogP contribution is -2.29. The van der Waals surface area contributed by atoms with Crippen LogP contribution in [0.5, 0.6) is 0 Å². The molecule has 4 nitrogen and oxygen atoms in total. The summed E-state index contributed by atoms with van der Waals surface area (Å²) >= 11 is 6.60. The van der Waals surface area contributed by atoms with E-state index in [0.717, 1.165) is 12.0 Å². The maximum absolute atomic E-state index is 12.5. The van der Waals surface area contributed by atoms with E-state index >= 15 is 0 Å². The van der Waals surface area contributed by atoms with Gasteiger partial charge in [-0.3, -0.25) is 14.5 Å². The van der Waals surface area contributed by atoms with Gasteiger partial charge in [0.25, 0.3) is 5.91 Å². The van der Waals surface area contributed by atoms with Gasteiger partial charge in [0.2, 0.25) is 0 Å². The van der Waals surface area contributed by atoms with Crippen LogP contribution in [-0.4, -0.2) is 34.2 Å². The van der Waals surface area contributed by atoms with Crippen molar-refractivity contribution in [1.82, 2.24) is 4.90 Å². The van der Waals surface area contributed by atoms with Crippen molar-refractivity contribution >= 4 is 46.3 Å². The van der Waals surface area contributed by atoms with Crippen LogP contribution in [0.4, 0.5) is 0 Å². The number of hydrogen-bond donors (Lipinski definition) is 0. The molecule has 1 amide bonds. The SMILES string of the molecule is CCCOC(=O)CCCN1C(=O)C(=Cc2ccc(C)cc2)SC1=S. The monoisotopic (exact) mass is 363 g/mol. The molecule has 0 unspecified atom stereocenters. The fourth-order valence-electron chi connectivity index (χ4n) is 2.18. The third kappa shape index (κ3) is 5.18. The van der Waals surface area contributed by atoms with E-state index in [4.69, 9.17) is 17.0 Å². The Balaban J connectivity index is 1.91. The second kappa shape index (κ2) is 8.99. The molecule has 0 aliphatic carbocycles. The summed E-state index contributed by atoms with van der Waals surface area (Å²) in [5.74, 6) is -0.315. The fourth-order valence-corrected chi connectivity index (χ4v) is 3.48. The predicted molar refractivity (Wildman–Crippen MR) is 102 cm³/mol. The van der Waals surface area contributed by atoms with E-state index in [-0.39, 0.29) is 11.9 Å². The molecule has 24 heavy (non-hydrogen) atoms. The molecule has 1 aliphatic rings. The first kappa shape index (κ1) is 18.7. The molecule has 1 aromatic rings. The summed E-state index contributed by atoms with van der Waals surface area (Å²) < 4.78 is 5.57. The van der Waals surface area contributed by atoms with Gasteiger partial charge in [-0.15, -0.1) is 0 Å². The number of nitrogens with zero attached hydrogens (tertiary/aromatic N) is 1. The first-order valence-electron chi connectivity index (χ1n) is 7.99. The van der Waals surface area contributed by atoms with Crippen LogP contribution in [0.15, 0.2) is 29.2 Å². The van der Waals surface area contributed by atoms with Crippen LogP contribution >= 0.6 is 24.0 Å². The maximum Gasteiger partial charge on any atom is 0.305 e. The Hall–Kier alpha value is -1.66. The van der Waals surface area contributed by atoms with Crippen LogP contribution in [0.1, 0.15) is 37.3 Å². The Morgan fingerprint density at radius 1 is 1.33 bits per heavy atom. The minimum atomic E-state index is -0.225. The Labute approximate surface area is 152 Å². The van der Waals surface area contributed by atoms with E-state index in [0.29, 0.717) is 35.2 Å². The number of aryl methyl sites for hydroxylation is 1. The molecule has 1 fully saturated rings. The van der Waals surface area contributed by atoms with Crippen molar-refractivity contribution < 1.29 is 14.3 Å². The Bertz CT molecular complexity index is 653. The molecule has 1 saturated heterocycles. The Morgan fingerprint density at radius 2 is 2.04 bits per heavy atom. The zero-order chi connectivity index (χ0) is 17.5. The van der Waals surface area contributed by atoms with Crippen LogP contribution < -0.4 is 0 Å². The highest BCUT2D eigenvalue weighted by Crippen LogP contribution is 2.32. The second-order valence-corrected chi connectivity index (χ2v) is 7.24. The van der Waals surface area contributed by atoms with E-state index < -0.39 is 0 Å². The topological polar surface area (TPSA) is 46.6 Å². The summed E-state index contributed by atoms with van der Waals surface area (Å²) in [6.45, 7) is 4.86. The van der Waals surface area contributed by atoms with Gasteiger partial charge in [-0.1, -0.05) is 60.7 Å². The van der Waals surface area contributed by atoms with Crippen molar-refractivity contribution in [2.24, 2.45) is 0 Å². The average molecular weight is 364 g/mol.